The van der Waals surface area contributed by atoms with Gasteiger partial charge >= 0.3 is 19.1 Å². The van der Waals surface area contributed by atoms with Crippen LogP contribution in [0.25, 0.3) is 54.7 Å². The zero-order chi connectivity index (χ0) is 41.5. The molecule has 0 amide bonds. The Kier molecular flexibility index (Phi) is 13.7. The van der Waals surface area contributed by atoms with E-state index in [0.717, 1.165) is 65.3 Å². The molecule has 0 aliphatic carbocycles. The first-order valence-corrected chi connectivity index (χ1v) is 20.4. The second-order valence-corrected chi connectivity index (χ2v) is 15.1. The summed E-state index contributed by atoms with van der Waals surface area (Å²) < 4.78 is 30.3. The fourth-order valence-corrected chi connectivity index (χ4v) is 7.49. The molecule has 0 saturated carbocycles. The van der Waals surface area contributed by atoms with Gasteiger partial charge in [-0.3, -0.25) is 0 Å². The largest absolute Gasteiger partial charge is 0.526 e. The summed E-state index contributed by atoms with van der Waals surface area (Å²) in [5.41, 5.74) is 9.01. The highest BCUT2D eigenvalue weighted by Crippen LogP contribution is 2.33. The lowest BCUT2D eigenvalue weighted by Crippen LogP contribution is -2.27. The van der Waals surface area contributed by atoms with Crippen LogP contribution in [-0.2, 0) is 9.47 Å². The summed E-state index contributed by atoms with van der Waals surface area (Å²) in [6.07, 6.45) is 0. The van der Waals surface area contributed by atoms with Crippen molar-refractivity contribution in [3.8, 4) is 32.7 Å². The number of furan rings is 2. The van der Waals surface area contributed by atoms with E-state index in [1.165, 1.54) is 23.1 Å². The minimum atomic E-state index is -1.54. The zero-order valence-electron chi connectivity index (χ0n) is 32.4. The Labute approximate surface area is 351 Å². The third-order valence-corrected chi connectivity index (χ3v) is 10.9. The van der Waals surface area contributed by atoms with Crippen molar-refractivity contribution < 1.29 is 37.9 Å². The maximum absolute atomic E-state index is 11.8. The molecule has 12 nitrogen and oxygen atoms in total. The second kappa shape index (κ2) is 18.8. The number of aryl methyl sites for hydroxylation is 4. The van der Waals surface area contributed by atoms with Crippen molar-refractivity contribution in [1.82, 2.24) is 18.7 Å². The fraction of sp³-hybridized carbons (Fsp3) is 0.190. The zero-order valence-corrected chi connectivity index (χ0v) is 35.6. The van der Waals surface area contributed by atoms with E-state index in [1.807, 2.05) is 63.2 Å². The first kappa shape index (κ1) is 42.1. The summed E-state index contributed by atoms with van der Waals surface area (Å²) in [4.78, 5) is 32.0. The van der Waals surface area contributed by atoms with Crippen molar-refractivity contribution in [3.63, 3.8) is 0 Å². The van der Waals surface area contributed by atoms with Crippen molar-refractivity contribution in [2.24, 2.45) is 0 Å². The Morgan fingerprint density at radius 2 is 1.12 bits per heavy atom. The normalized spacial score (nSPS) is 10.8. The summed E-state index contributed by atoms with van der Waals surface area (Å²) in [5.74, 6) is 0.597. The van der Waals surface area contributed by atoms with E-state index in [-0.39, 0.29) is 17.6 Å². The molecule has 4 aromatic heterocycles. The summed E-state index contributed by atoms with van der Waals surface area (Å²) in [5, 5.41) is 21.5. The molecule has 4 heterocycles. The second-order valence-electron chi connectivity index (χ2n) is 12.9. The van der Waals surface area contributed by atoms with Gasteiger partial charge in [-0.25, -0.2) is 19.6 Å². The van der Waals surface area contributed by atoms with Crippen LogP contribution in [0.4, 0.5) is 0 Å². The van der Waals surface area contributed by atoms with Crippen molar-refractivity contribution in [1.29, 1.82) is 0 Å². The molecule has 0 atom stereocenters. The monoisotopic (exact) mass is 880 g/mol. The van der Waals surface area contributed by atoms with Crippen molar-refractivity contribution in [2.75, 3.05) is 13.2 Å². The van der Waals surface area contributed by atoms with Gasteiger partial charge in [0, 0.05) is 21.9 Å². The highest BCUT2D eigenvalue weighted by Gasteiger charge is 2.19. The topological polar surface area (TPSA) is 171 Å². The summed E-state index contributed by atoms with van der Waals surface area (Å²) in [6.45, 7) is 12.3. The number of fused-ring (bicyclic) bond motifs is 2. The molecule has 0 aliphatic heterocycles. The number of ether oxygens (including phenoxy) is 2. The maximum Gasteiger partial charge on any atom is 0.526 e. The summed E-state index contributed by atoms with van der Waals surface area (Å²) >= 11 is 5.81. The van der Waals surface area contributed by atoms with E-state index in [1.54, 1.807) is 44.2 Å². The Bertz CT molecular complexity index is 2610. The van der Waals surface area contributed by atoms with Crippen LogP contribution in [-0.4, -0.2) is 61.0 Å². The number of hydrogen-bond acceptors (Lipinski definition) is 14. The standard InChI is InChI=1S/C21H18N2O3S.C11H9BrN2O2S.C10H11BO3/c1-4-25-21(24)15-9-7-14(8-10-15)20-22-19(23-27-20)17-11-16-12(2)5-6-13(3)18(16)26-17;1-2-16-10(15)8-5-3-7(4-6-8)9-13-11(12)14-17-9;1-6-3-4-7(2)10-8(6)5-9(14-10)11(12)13/h5-11H,4H2,1-3H3;3-6H,2H2,1H3;3-5,12-13H,1-2H3. The average Bonchev–Trinajstić information content (AvgIpc) is 4.05. The third-order valence-electron chi connectivity index (χ3n) is 8.80. The lowest BCUT2D eigenvalue weighted by atomic mass is 9.87. The van der Waals surface area contributed by atoms with Gasteiger partial charge in [0.05, 0.1) is 24.3 Å². The molecule has 0 spiro atoms. The van der Waals surface area contributed by atoms with E-state index in [2.05, 4.69) is 53.7 Å². The molecule has 296 valence electrons. The highest BCUT2D eigenvalue weighted by molar-refractivity contribution is 9.10. The van der Waals surface area contributed by atoms with Gasteiger partial charge in [-0.1, -0.05) is 48.5 Å². The van der Waals surface area contributed by atoms with Gasteiger partial charge in [0.2, 0.25) is 10.6 Å². The van der Waals surface area contributed by atoms with Crippen LogP contribution in [0.2, 0.25) is 0 Å². The van der Waals surface area contributed by atoms with Gasteiger partial charge in [-0.2, -0.15) is 8.75 Å². The molecule has 8 aromatic rings. The van der Waals surface area contributed by atoms with Crippen LogP contribution in [0.3, 0.4) is 0 Å². The van der Waals surface area contributed by atoms with Crippen molar-refractivity contribution >= 4 is 85.7 Å². The number of halogens is 1. The number of aromatic nitrogens is 4. The van der Waals surface area contributed by atoms with Gasteiger partial charge in [0.25, 0.3) is 0 Å². The Morgan fingerprint density at radius 1 is 0.655 bits per heavy atom. The van der Waals surface area contributed by atoms with Crippen molar-refractivity contribution in [2.45, 2.75) is 41.5 Å². The molecule has 0 unspecified atom stereocenters. The van der Waals surface area contributed by atoms with Gasteiger partial charge in [0.1, 0.15) is 26.8 Å². The van der Waals surface area contributed by atoms with Crippen molar-refractivity contribution in [3.05, 3.63) is 123 Å². The lowest BCUT2D eigenvalue weighted by Gasteiger charge is -2.02. The lowest BCUT2D eigenvalue weighted by molar-refractivity contribution is 0.0517. The molecular formula is C42H38BBrN4O8S2. The maximum atomic E-state index is 11.8. The number of esters is 2. The van der Waals surface area contributed by atoms with E-state index < -0.39 is 7.12 Å². The number of nitrogens with zero attached hydrogens (tertiary/aromatic N) is 4. The Morgan fingerprint density at radius 3 is 1.57 bits per heavy atom. The fourth-order valence-electron chi connectivity index (χ4n) is 5.73. The molecule has 8 rings (SSSR count). The van der Waals surface area contributed by atoms with Crippen LogP contribution < -0.4 is 5.66 Å². The first-order valence-electron chi connectivity index (χ1n) is 18.1. The predicted molar refractivity (Wildman–Crippen MR) is 230 cm³/mol. The summed E-state index contributed by atoms with van der Waals surface area (Å²) in [6, 6.07) is 26.0. The molecule has 4 aromatic carbocycles. The van der Waals surface area contributed by atoms with Crippen LogP contribution in [0.5, 0.6) is 0 Å². The molecule has 0 bridgehead atoms. The summed E-state index contributed by atoms with van der Waals surface area (Å²) in [7, 11) is -1.54. The minimum absolute atomic E-state index is 0.192. The highest BCUT2D eigenvalue weighted by atomic mass is 79.9. The molecule has 0 aliphatic rings. The third kappa shape index (κ3) is 9.77. The van der Waals surface area contributed by atoms with E-state index in [4.69, 9.17) is 28.4 Å². The van der Waals surface area contributed by atoms with E-state index >= 15 is 0 Å². The molecular weight excluding hydrogens is 843 g/mol. The molecule has 2 N–H and O–H groups in total. The number of hydrogen-bond donors (Lipinski definition) is 2. The molecule has 16 heteroatoms. The van der Waals surface area contributed by atoms with Gasteiger partial charge in [0.15, 0.2) is 5.76 Å². The van der Waals surface area contributed by atoms with Crippen LogP contribution in [0, 0.1) is 27.7 Å². The average molecular weight is 882 g/mol. The van der Waals surface area contributed by atoms with Crippen LogP contribution in [0.1, 0.15) is 56.8 Å². The Balaban J connectivity index is 0.000000157. The minimum Gasteiger partial charge on any atom is -0.464 e. The van der Waals surface area contributed by atoms with Gasteiger partial charge in [-0.15, -0.1) is 0 Å². The number of carbonyl (C=O) groups excluding carboxylic acids is 2. The first-order chi connectivity index (χ1) is 27.9. The van der Waals surface area contributed by atoms with E-state index in [9.17, 15) is 9.59 Å². The van der Waals surface area contributed by atoms with Crippen LogP contribution in [0.15, 0.2) is 98.5 Å². The number of benzene rings is 4. The van der Waals surface area contributed by atoms with Gasteiger partial charge in [-0.05, 0) is 139 Å². The molecule has 0 fully saturated rings. The Hall–Kier alpha value is -5.52. The van der Waals surface area contributed by atoms with Gasteiger partial charge < -0.3 is 28.4 Å². The van der Waals surface area contributed by atoms with E-state index in [0.29, 0.717) is 40.7 Å². The molecule has 0 saturated heterocycles. The van der Waals surface area contributed by atoms with Crippen LogP contribution >= 0.6 is 39.0 Å². The molecule has 58 heavy (non-hydrogen) atoms. The number of carbonyl (C=O) groups is 2. The SMILES string of the molecule is CCOC(=O)c1ccc(-c2nc(-c3cc4c(C)ccc(C)c4o3)ns2)cc1.CCOC(=O)c1ccc(-c2nc(Br)ns2)cc1.Cc1ccc(C)c2oc(B(O)O)cc12. The smallest absolute Gasteiger partial charge is 0.464 e. The quantitative estimate of drug-likeness (QED) is 0.110. The number of rotatable bonds is 8. The predicted octanol–water partition coefficient (Wildman–Crippen LogP) is 9.29. The molecule has 0 radical (unpaired) electrons.